The Morgan fingerprint density at radius 2 is 1.74 bits per heavy atom. The topological polar surface area (TPSA) is 99.6 Å². The summed E-state index contributed by atoms with van der Waals surface area (Å²) in [6.45, 7) is 1.36. The molecule has 0 amide bonds. The number of nitrogens with zero attached hydrogens (tertiary/aromatic N) is 3. The zero-order chi connectivity index (χ0) is 27.9. The van der Waals surface area contributed by atoms with Crippen molar-refractivity contribution >= 4 is 15.7 Å². The van der Waals surface area contributed by atoms with Crippen LogP contribution in [0.15, 0.2) is 59.6 Å². The summed E-state index contributed by atoms with van der Waals surface area (Å²) in [6, 6.07) is 8.60. The minimum Gasteiger partial charge on any atom is -0.493 e. The van der Waals surface area contributed by atoms with Gasteiger partial charge in [0.05, 0.1) is 34.5 Å². The lowest BCUT2D eigenvalue weighted by atomic mass is 10.1. The molecule has 0 aliphatic carbocycles. The SMILES string of the molecule is CCOc1cc(-c2cc(C(F)(F)F)n3ncc(C#Cc4cccc(S(N)(=O)=O)c4)c3n2)ccc1C(F)(F)F. The van der Waals surface area contributed by atoms with Crippen molar-refractivity contribution in [2.45, 2.75) is 24.2 Å². The second-order valence-electron chi connectivity index (χ2n) is 7.78. The number of alkyl halides is 6. The Kier molecular flexibility index (Phi) is 6.85. The molecule has 198 valence electrons. The minimum absolute atomic E-state index is 0.0460. The maximum Gasteiger partial charge on any atom is 0.433 e. The second-order valence-corrected chi connectivity index (χ2v) is 9.34. The summed E-state index contributed by atoms with van der Waals surface area (Å²) >= 11 is 0. The number of hydrogen-bond acceptors (Lipinski definition) is 5. The highest BCUT2D eigenvalue weighted by Crippen LogP contribution is 2.39. The van der Waals surface area contributed by atoms with Gasteiger partial charge in [-0.15, -0.1) is 0 Å². The molecule has 0 unspecified atom stereocenters. The number of hydrogen-bond donors (Lipinski definition) is 1. The molecule has 14 heteroatoms. The summed E-state index contributed by atoms with van der Waals surface area (Å²) in [7, 11) is -4.01. The first-order chi connectivity index (χ1) is 17.7. The average Bonchev–Trinajstić information content (AvgIpc) is 3.23. The van der Waals surface area contributed by atoms with Crippen LogP contribution >= 0.6 is 0 Å². The van der Waals surface area contributed by atoms with Crippen LogP contribution in [-0.4, -0.2) is 29.6 Å². The molecular weight excluding hydrogens is 538 g/mol. The fourth-order valence-electron chi connectivity index (χ4n) is 3.48. The molecule has 38 heavy (non-hydrogen) atoms. The van der Waals surface area contributed by atoms with Gasteiger partial charge in [0.25, 0.3) is 0 Å². The highest BCUT2D eigenvalue weighted by molar-refractivity contribution is 7.89. The molecule has 2 heterocycles. The first-order valence-electron chi connectivity index (χ1n) is 10.6. The molecule has 0 fully saturated rings. The lowest BCUT2D eigenvalue weighted by Gasteiger charge is -2.15. The standard InChI is InChI=1S/C24H16F6N4O3S/c1-2-37-20-11-15(8-9-18(20)23(25,26)27)19-12-21(24(28,29)30)34-22(33-19)16(13-32-34)7-6-14-4-3-5-17(10-14)38(31,35)36/h3-5,8-13H,2H2,1H3,(H2,31,35,36). The van der Waals surface area contributed by atoms with E-state index in [-0.39, 0.29) is 39.5 Å². The Labute approximate surface area is 211 Å². The summed E-state index contributed by atoms with van der Waals surface area (Å²) in [6.07, 6.45) is -8.60. The van der Waals surface area contributed by atoms with E-state index in [1.54, 1.807) is 0 Å². The zero-order valence-electron chi connectivity index (χ0n) is 19.2. The summed E-state index contributed by atoms with van der Waals surface area (Å²) in [5.74, 6) is 4.68. The van der Waals surface area contributed by atoms with E-state index in [2.05, 4.69) is 21.9 Å². The van der Waals surface area contributed by atoms with E-state index < -0.39 is 39.4 Å². The number of benzene rings is 2. The molecule has 2 N–H and O–H groups in total. The predicted molar refractivity (Wildman–Crippen MR) is 123 cm³/mol. The third-order valence-corrected chi connectivity index (χ3v) is 6.06. The Morgan fingerprint density at radius 1 is 1.00 bits per heavy atom. The van der Waals surface area contributed by atoms with Gasteiger partial charge in [0, 0.05) is 11.1 Å². The predicted octanol–water partition coefficient (Wildman–Crippen LogP) is 4.88. The van der Waals surface area contributed by atoms with Crippen molar-refractivity contribution in [1.29, 1.82) is 0 Å². The highest BCUT2D eigenvalue weighted by atomic mass is 32.2. The van der Waals surface area contributed by atoms with Crippen molar-refractivity contribution in [3.63, 3.8) is 0 Å². The van der Waals surface area contributed by atoms with Crippen molar-refractivity contribution in [2.75, 3.05) is 6.61 Å². The van der Waals surface area contributed by atoms with Gasteiger partial charge >= 0.3 is 12.4 Å². The Hall–Kier alpha value is -4.09. The van der Waals surface area contributed by atoms with E-state index in [1.807, 2.05) is 0 Å². The summed E-state index contributed by atoms with van der Waals surface area (Å²) < 4.78 is 110. The van der Waals surface area contributed by atoms with Crippen molar-refractivity contribution < 1.29 is 39.5 Å². The van der Waals surface area contributed by atoms with E-state index in [1.165, 1.54) is 31.2 Å². The number of aromatic nitrogens is 3. The van der Waals surface area contributed by atoms with Crippen LogP contribution in [-0.2, 0) is 22.4 Å². The fourth-order valence-corrected chi connectivity index (χ4v) is 4.04. The van der Waals surface area contributed by atoms with Gasteiger partial charge in [0.2, 0.25) is 10.0 Å². The molecule has 4 aromatic rings. The summed E-state index contributed by atoms with van der Waals surface area (Å²) in [5, 5.41) is 8.83. The Morgan fingerprint density at radius 3 is 2.37 bits per heavy atom. The maximum atomic E-state index is 13.9. The van der Waals surface area contributed by atoms with Gasteiger partial charge in [-0.2, -0.15) is 31.4 Å². The van der Waals surface area contributed by atoms with E-state index in [4.69, 9.17) is 9.88 Å². The van der Waals surface area contributed by atoms with Gasteiger partial charge in [-0.3, -0.25) is 0 Å². The monoisotopic (exact) mass is 554 g/mol. The minimum atomic E-state index is -4.90. The average molecular weight is 554 g/mol. The van der Waals surface area contributed by atoms with Crippen LogP contribution in [0.5, 0.6) is 5.75 Å². The zero-order valence-corrected chi connectivity index (χ0v) is 20.0. The first-order valence-corrected chi connectivity index (χ1v) is 12.2. The lowest BCUT2D eigenvalue weighted by molar-refractivity contribution is -0.142. The van der Waals surface area contributed by atoms with Crippen LogP contribution in [0.1, 0.15) is 29.3 Å². The molecule has 0 saturated carbocycles. The van der Waals surface area contributed by atoms with Crippen molar-refractivity contribution in [3.8, 4) is 28.8 Å². The van der Waals surface area contributed by atoms with Crippen LogP contribution in [0.2, 0.25) is 0 Å². The Bertz CT molecular complexity index is 1700. The van der Waals surface area contributed by atoms with E-state index in [0.29, 0.717) is 16.6 Å². The van der Waals surface area contributed by atoms with Gasteiger partial charge in [0.15, 0.2) is 11.3 Å². The molecule has 0 atom stereocenters. The molecule has 0 aliphatic heterocycles. The molecule has 0 radical (unpaired) electrons. The second kappa shape index (κ2) is 9.66. The van der Waals surface area contributed by atoms with Crippen molar-refractivity contribution in [3.05, 3.63) is 77.1 Å². The van der Waals surface area contributed by atoms with Crippen LogP contribution in [0.4, 0.5) is 26.3 Å². The van der Waals surface area contributed by atoms with Crippen LogP contribution in [0.3, 0.4) is 0 Å². The number of fused-ring (bicyclic) bond motifs is 1. The number of ether oxygens (including phenoxy) is 1. The van der Waals surface area contributed by atoms with Crippen LogP contribution in [0.25, 0.3) is 16.9 Å². The molecule has 2 aromatic heterocycles. The molecular formula is C24H16F6N4O3S. The summed E-state index contributed by atoms with van der Waals surface area (Å²) in [4.78, 5) is 3.98. The first kappa shape index (κ1) is 27.0. The molecule has 0 bridgehead atoms. The third kappa shape index (κ3) is 5.58. The largest absolute Gasteiger partial charge is 0.493 e. The van der Waals surface area contributed by atoms with Crippen LogP contribution < -0.4 is 9.88 Å². The fraction of sp³-hybridized carbons (Fsp3) is 0.167. The molecule has 0 spiro atoms. The van der Waals surface area contributed by atoms with Gasteiger partial charge in [-0.25, -0.2) is 23.1 Å². The third-order valence-electron chi connectivity index (χ3n) is 5.15. The van der Waals surface area contributed by atoms with Crippen LogP contribution in [0, 0.1) is 11.8 Å². The van der Waals surface area contributed by atoms with Crippen molar-refractivity contribution in [2.24, 2.45) is 5.14 Å². The molecule has 4 rings (SSSR count). The molecule has 2 aromatic carbocycles. The number of sulfonamides is 1. The summed E-state index contributed by atoms with van der Waals surface area (Å²) in [5.41, 5.74) is -2.84. The quantitative estimate of drug-likeness (QED) is 0.287. The van der Waals surface area contributed by atoms with Gasteiger partial charge in [-0.05, 0) is 43.3 Å². The van der Waals surface area contributed by atoms with E-state index >= 15 is 0 Å². The van der Waals surface area contributed by atoms with Gasteiger partial charge < -0.3 is 4.74 Å². The molecule has 0 saturated heterocycles. The highest BCUT2D eigenvalue weighted by Gasteiger charge is 2.37. The van der Waals surface area contributed by atoms with Gasteiger partial charge in [-0.1, -0.05) is 24.0 Å². The number of rotatable bonds is 4. The van der Waals surface area contributed by atoms with Crippen molar-refractivity contribution in [1.82, 2.24) is 14.6 Å². The number of primary sulfonamides is 1. The Balaban J connectivity index is 1.89. The van der Waals surface area contributed by atoms with E-state index in [0.717, 1.165) is 18.3 Å². The number of nitrogens with two attached hydrogens (primary N) is 1. The molecule has 0 aliphatic rings. The van der Waals surface area contributed by atoms with E-state index in [9.17, 15) is 34.8 Å². The smallest absolute Gasteiger partial charge is 0.433 e. The normalized spacial score (nSPS) is 12.3. The lowest BCUT2D eigenvalue weighted by Crippen LogP contribution is -2.14. The maximum absolute atomic E-state index is 13.9. The van der Waals surface area contributed by atoms with Gasteiger partial charge in [0.1, 0.15) is 5.75 Å². The molecule has 7 nitrogen and oxygen atoms in total. The number of halogens is 6.